The molecule has 0 aromatic heterocycles. The van der Waals surface area contributed by atoms with Crippen molar-refractivity contribution in [1.29, 1.82) is 0 Å². The summed E-state index contributed by atoms with van der Waals surface area (Å²) in [4.78, 5) is 11.8. The van der Waals surface area contributed by atoms with E-state index in [4.69, 9.17) is 4.74 Å². The molecule has 2 fully saturated rings. The molecule has 0 amide bonds. The SMILES string of the molecule is CC1=CC=C[C@]2(C)CC[C@H]3[C@H](OC(=O)[C@H]3C)[C@@H]12. The van der Waals surface area contributed by atoms with Gasteiger partial charge < -0.3 is 4.74 Å². The standard InChI is InChI=1S/C15H20O2/c1-9-5-4-7-15(3)8-6-11-10(2)14(16)17-13(11)12(9)15/h4-5,7,10-13H,6,8H2,1-3H3/t10-,11+,12+,13-,15+/m0/s1. The number of carbonyl (C=O) groups excluding carboxylic acids is 1. The first-order valence-electron chi connectivity index (χ1n) is 6.59. The molecule has 1 aliphatic heterocycles. The number of esters is 1. The molecule has 2 aliphatic carbocycles. The maximum Gasteiger partial charge on any atom is 0.309 e. The smallest absolute Gasteiger partial charge is 0.309 e. The summed E-state index contributed by atoms with van der Waals surface area (Å²) in [6.45, 7) is 6.50. The number of hydrogen-bond donors (Lipinski definition) is 0. The number of rotatable bonds is 0. The summed E-state index contributed by atoms with van der Waals surface area (Å²) < 4.78 is 5.67. The normalized spacial score (nSPS) is 48.2. The zero-order valence-electron chi connectivity index (χ0n) is 10.8. The summed E-state index contributed by atoms with van der Waals surface area (Å²) in [5.74, 6) is 0.908. The van der Waals surface area contributed by atoms with Gasteiger partial charge in [-0.15, -0.1) is 0 Å². The highest BCUT2D eigenvalue weighted by Gasteiger charge is 2.54. The van der Waals surface area contributed by atoms with Crippen molar-refractivity contribution >= 4 is 5.97 Å². The molecule has 1 heterocycles. The summed E-state index contributed by atoms with van der Waals surface area (Å²) in [5, 5.41) is 0. The Morgan fingerprint density at radius 1 is 1.47 bits per heavy atom. The second-order valence-electron chi connectivity index (χ2n) is 6.15. The van der Waals surface area contributed by atoms with E-state index >= 15 is 0 Å². The molecule has 0 radical (unpaired) electrons. The number of allylic oxidation sites excluding steroid dienone is 3. The zero-order valence-corrected chi connectivity index (χ0v) is 10.8. The lowest BCUT2D eigenvalue weighted by molar-refractivity contribution is -0.146. The minimum absolute atomic E-state index is 0.00611. The van der Waals surface area contributed by atoms with Crippen molar-refractivity contribution < 1.29 is 9.53 Å². The summed E-state index contributed by atoms with van der Waals surface area (Å²) in [5.41, 5.74) is 1.55. The molecule has 0 spiro atoms. The van der Waals surface area contributed by atoms with Gasteiger partial charge in [-0.05, 0) is 25.2 Å². The summed E-state index contributed by atoms with van der Waals surface area (Å²) in [6, 6.07) is 0. The third-order valence-corrected chi connectivity index (χ3v) is 5.07. The summed E-state index contributed by atoms with van der Waals surface area (Å²) in [7, 11) is 0. The van der Waals surface area contributed by atoms with E-state index in [-0.39, 0.29) is 23.4 Å². The van der Waals surface area contributed by atoms with Crippen LogP contribution in [0.1, 0.15) is 33.6 Å². The monoisotopic (exact) mass is 232 g/mol. The van der Waals surface area contributed by atoms with Crippen LogP contribution in [0.4, 0.5) is 0 Å². The lowest BCUT2D eigenvalue weighted by Gasteiger charge is -2.47. The molecule has 1 saturated carbocycles. The second kappa shape index (κ2) is 3.47. The fourth-order valence-corrected chi connectivity index (χ4v) is 4.02. The van der Waals surface area contributed by atoms with Crippen molar-refractivity contribution in [1.82, 2.24) is 0 Å². The molecule has 3 rings (SSSR count). The van der Waals surface area contributed by atoms with Crippen molar-refractivity contribution in [2.24, 2.45) is 23.2 Å². The van der Waals surface area contributed by atoms with E-state index in [0.29, 0.717) is 11.8 Å². The number of fused-ring (bicyclic) bond motifs is 3. The van der Waals surface area contributed by atoms with Gasteiger partial charge in [0, 0.05) is 11.8 Å². The van der Waals surface area contributed by atoms with Gasteiger partial charge in [0.15, 0.2) is 0 Å². The lowest BCUT2D eigenvalue weighted by Crippen LogP contribution is -2.45. The van der Waals surface area contributed by atoms with Gasteiger partial charge in [-0.3, -0.25) is 4.79 Å². The third-order valence-electron chi connectivity index (χ3n) is 5.07. The number of hydrogen-bond acceptors (Lipinski definition) is 2. The second-order valence-corrected chi connectivity index (χ2v) is 6.15. The first-order valence-corrected chi connectivity index (χ1v) is 6.59. The number of ether oxygens (including phenoxy) is 1. The molecule has 0 N–H and O–H groups in total. The zero-order chi connectivity index (χ0) is 12.2. The van der Waals surface area contributed by atoms with Crippen molar-refractivity contribution in [3.8, 4) is 0 Å². The summed E-state index contributed by atoms with van der Waals surface area (Å²) in [6.07, 6.45) is 9.02. The molecule has 2 heteroatoms. The van der Waals surface area contributed by atoms with Crippen molar-refractivity contribution in [2.45, 2.75) is 39.7 Å². The van der Waals surface area contributed by atoms with Gasteiger partial charge in [-0.25, -0.2) is 0 Å². The van der Waals surface area contributed by atoms with Crippen LogP contribution in [0.5, 0.6) is 0 Å². The maximum atomic E-state index is 11.8. The van der Waals surface area contributed by atoms with Crippen LogP contribution in [0.2, 0.25) is 0 Å². The average Bonchev–Trinajstić information content (AvgIpc) is 2.54. The minimum atomic E-state index is 0.00611. The molecule has 2 nitrogen and oxygen atoms in total. The Hall–Kier alpha value is -1.05. The Labute approximate surface area is 103 Å². The lowest BCUT2D eigenvalue weighted by atomic mass is 9.58. The van der Waals surface area contributed by atoms with Gasteiger partial charge in [-0.2, -0.15) is 0 Å². The van der Waals surface area contributed by atoms with Gasteiger partial charge in [0.25, 0.3) is 0 Å². The topological polar surface area (TPSA) is 26.3 Å². The Morgan fingerprint density at radius 3 is 3.00 bits per heavy atom. The predicted molar refractivity (Wildman–Crippen MR) is 66.3 cm³/mol. The van der Waals surface area contributed by atoms with Crippen molar-refractivity contribution in [2.75, 3.05) is 0 Å². The Bertz CT molecular complexity index is 421. The van der Waals surface area contributed by atoms with Crippen LogP contribution in [0, 0.1) is 23.2 Å². The van der Waals surface area contributed by atoms with E-state index < -0.39 is 0 Å². The van der Waals surface area contributed by atoms with Crippen LogP contribution in [-0.4, -0.2) is 12.1 Å². The molecule has 0 aromatic rings. The largest absolute Gasteiger partial charge is 0.461 e. The highest BCUT2D eigenvalue weighted by atomic mass is 16.6. The van der Waals surface area contributed by atoms with Crippen LogP contribution < -0.4 is 0 Å². The van der Waals surface area contributed by atoms with E-state index in [1.165, 1.54) is 12.0 Å². The molecule has 5 atom stereocenters. The van der Waals surface area contributed by atoms with Crippen LogP contribution in [0.15, 0.2) is 23.8 Å². The van der Waals surface area contributed by atoms with Crippen LogP contribution in [0.3, 0.4) is 0 Å². The van der Waals surface area contributed by atoms with E-state index in [0.717, 1.165) is 6.42 Å². The highest BCUT2D eigenvalue weighted by Crippen LogP contribution is 2.54. The van der Waals surface area contributed by atoms with Crippen molar-refractivity contribution in [3.63, 3.8) is 0 Å². The van der Waals surface area contributed by atoms with Gasteiger partial charge in [0.2, 0.25) is 0 Å². The average molecular weight is 232 g/mol. The van der Waals surface area contributed by atoms with Crippen LogP contribution >= 0.6 is 0 Å². The molecule has 3 aliphatic rings. The molecular weight excluding hydrogens is 212 g/mol. The Kier molecular flexibility index (Phi) is 2.26. The first kappa shape index (κ1) is 11.1. The number of carbonyl (C=O) groups is 1. The molecule has 1 saturated heterocycles. The van der Waals surface area contributed by atoms with Crippen LogP contribution in [-0.2, 0) is 9.53 Å². The molecule has 17 heavy (non-hydrogen) atoms. The van der Waals surface area contributed by atoms with E-state index in [2.05, 4.69) is 32.1 Å². The van der Waals surface area contributed by atoms with Crippen LogP contribution in [0.25, 0.3) is 0 Å². The summed E-state index contributed by atoms with van der Waals surface area (Å²) >= 11 is 0. The van der Waals surface area contributed by atoms with Gasteiger partial charge >= 0.3 is 5.97 Å². The quantitative estimate of drug-likeness (QED) is 0.600. The Balaban J connectivity index is 1.99. The first-order chi connectivity index (χ1) is 8.03. The fraction of sp³-hybridized carbons (Fsp3) is 0.667. The van der Waals surface area contributed by atoms with Crippen molar-refractivity contribution in [3.05, 3.63) is 23.8 Å². The highest BCUT2D eigenvalue weighted by molar-refractivity contribution is 5.75. The Morgan fingerprint density at radius 2 is 2.24 bits per heavy atom. The molecule has 92 valence electrons. The maximum absolute atomic E-state index is 11.8. The predicted octanol–water partition coefficient (Wildman–Crippen LogP) is 3.10. The van der Waals surface area contributed by atoms with E-state index in [1.807, 2.05) is 6.92 Å². The van der Waals surface area contributed by atoms with Gasteiger partial charge in [0.05, 0.1) is 5.92 Å². The molecule has 0 unspecified atom stereocenters. The van der Waals surface area contributed by atoms with Gasteiger partial charge in [0.1, 0.15) is 6.10 Å². The van der Waals surface area contributed by atoms with Gasteiger partial charge in [-0.1, -0.05) is 37.6 Å². The van der Waals surface area contributed by atoms with E-state index in [1.54, 1.807) is 0 Å². The third kappa shape index (κ3) is 1.42. The molecule has 0 aromatic carbocycles. The minimum Gasteiger partial charge on any atom is -0.461 e. The van der Waals surface area contributed by atoms with E-state index in [9.17, 15) is 4.79 Å². The molecule has 0 bridgehead atoms. The molecular formula is C15H20O2. The fourth-order valence-electron chi connectivity index (χ4n) is 4.02.